The molecule has 0 spiro atoms. The quantitative estimate of drug-likeness (QED) is 0.774. The zero-order valence-corrected chi connectivity index (χ0v) is 9.30. The monoisotopic (exact) mass is 228 g/mol. The molecule has 1 atom stereocenters. The molecule has 0 aliphatic heterocycles. The third-order valence-corrected chi connectivity index (χ3v) is 2.39. The lowest BCUT2D eigenvalue weighted by Crippen LogP contribution is -2.24. The molecule has 0 bridgehead atoms. The van der Waals surface area contributed by atoms with E-state index in [1.807, 2.05) is 0 Å². The number of rotatable bonds is 5. The number of carbonyl (C=O) groups excluding carboxylic acids is 1. The van der Waals surface area contributed by atoms with Gasteiger partial charge in [0.1, 0.15) is 17.7 Å². The Morgan fingerprint density at radius 1 is 1.44 bits per heavy atom. The van der Waals surface area contributed by atoms with E-state index in [4.69, 9.17) is 4.74 Å². The third-order valence-electron chi connectivity index (χ3n) is 2.39. The Balaban J connectivity index is 2.80. The van der Waals surface area contributed by atoms with Crippen LogP contribution in [0.2, 0.25) is 0 Å². The first-order chi connectivity index (χ1) is 7.58. The summed E-state index contributed by atoms with van der Waals surface area (Å²) in [6, 6.07) is 3.08. The van der Waals surface area contributed by atoms with Gasteiger partial charge >= 0.3 is 0 Å². The van der Waals surface area contributed by atoms with Gasteiger partial charge in [-0.15, -0.1) is 0 Å². The molecular formula is C12H14F2O2. The molecule has 1 aromatic rings. The van der Waals surface area contributed by atoms with Gasteiger partial charge < -0.3 is 4.74 Å². The molecule has 1 rings (SSSR count). The minimum Gasteiger partial charge on any atom is -0.374 e. The van der Waals surface area contributed by atoms with Crippen molar-refractivity contribution >= 4 is 5.78 Å². The molecule has 0 fully saturated rings. The Bertz CT molecular complexity index is 373. The van der Waals surface area contributed by atoms with E-state index in [-0.39, 0.29) is 17.8 Å². The zero-order valence-electron chi connectivity index (χ0n) is 9.30. The van der Waals surface area contributed by atoms with Gasteiger partial charge in [-0.3, -0.25) is 4.79 Å². The summed E-state index contributed by atoms with van der Waals surface area (Å²) in [7, 11) is 1.42. The first kappa shape index (κ1) is 12.8. The van der Waals surface area contributed by atoms with Crippen molar-refractivity contribution in [1.29, 1.82) is 0 Å². The highest BCUT2D eigenvalue weighted by Gasteiger charge is 2.17. The van der Waals surface area contributed by atoms with E-state index >= 15 is 0 Å². The second-order valence-corrected chi connectivity index (χ2v) is 3.51. The smallest absolute Gasteiger partial charge is 0.165 e. The van der Waals surface area contributed by atoms with Crippen molar-refractivity contribution < 1.29 is 18.3 Å². The first-order valence-electron chi connectivity index (χ1n) is 5.08. The molecule has 16 heavy (non-hydrogen) atoms. The van der Waals surface area contributed by atoms with Crippen LogP contribution in [0.5, 0.6) is 0 Å². The number of ether oxygens (including phenoxy) is 1. The molecule has 1 aromatic carbocycles. The number of hydrogen-bond acceptors (Lipinski definition) is 2. The Kier molecular flexibility index (Phi) is 4.55. The molecule has 0 amide bonds. The van der Waals surface area contributed by atoms with Gasteiger partial charge in [0, 0.05) is 13.5 Å². The van der Waals surface area contributed by atoms with Crippen LogP contribution in [0, 0.1) is 11.6 Å². The van der Waals surface area contributed by atoms with E-state index in [9.17, 15) is 13.6 Å². The summed E-state index contributed by atoms with van der Waals surface area (Å²) in [4.78, 5) is 11.6. The maximum Gasteiger partial charge on any atom is 0.165 e. The highest BCUT2D eigenvalue weighted by atomic mass is 19.1. The number of ketones is 1. The fourth-order valence-corrected chi connectivity index (χ4v) is 1.51. The summed E-state index contributed by atoms with van der Waals surface area (Å²) < 4.78 is 31.0. The van der Waals surface area contributed by atoms with E-state index in [0.29, 0.717) is 6.42 Å². The maximum atomic E-state index is 13.2. The third kappa shape index (κ3) is 3.10. The van der Waals surface area contributed by atoms with Crippen molar-refractivity contribution in [2.45, 2.75) is 25.9 Å². The summed E-state index contributed by atoms with van der Waals surface area (Å²) in [6.07, 6.45) is -0.176. The molecule has 88 valence electrons. The summed E-state index contributed by atoms with van der Waals surface area (Å²) >= 11 is 0. The Morgan fingerprint density at radius 3 is 2.69 bits per heavy atom. The van der Waals surface area contributed by atoms with Crippen molar-refractivity contribution in [3.63, 3.8) is 0 Å². The fourth-order valence-electron chi connectivity index (χ4n) is 1.51. The second kappa shape index (κ2) is 5.70. The van der Waals surface area contributed by atoms with Crippen LogP contribution in [-0.4, -0.2) is 19.0 Å². The van der Waals surface area contributed by atoms with Gasteiger partial charge in [-0.05, 0) is 30.2 Å². The predicted octanol–water partition coefficient (Wildman–Crippen LogP) is 2.50. The van der Waals surface area contributed by atoms with Crippen molar-refractivity contribution in [3.05, 3.63) is 35.4 Å². The lowest BCUT2D eigenvalue weighted by Gasteiger charge is -2.11. The minimum absolute atomic E-state index is 0.0699. The molecule has 0 heterocycles. The SMILES string of the molecule is CCC(OC)C(=O)Cc1cc(F)ccc1F. The van der Waals surface area contributed by atoms with Crippen LogP contribution in [0.4, 0.5) is 8.78 Å². The highest BCUT2D eigenvalue weighted by molar-refractivity contribution is 5.85. The lowest BCUT2D eigenvalue weighted by molar-refractivity contribution is -0.128. The van der Waals surface area contributed by atoms with Crippen LogP contribution < -0.4 is 0 Å². The number of halogens is 2. The van der Waals surface area contributed by atoms with Gasteiger partial charge in [0.25, 0.3) is 0 Å². The van der Waals surface area contributed by atoms with Gasteiger partial charge in [-0.25, -0.2) is 8.78 Å². The second-order valence-electron chi connectivity index (χ2n) is 3.51. The Labute approximate surface area is 93.2 Å². The number of carbonyl (C=O) groups is 1. The molecule has 0 N–H and O–H groups in total. The van der Waals surface area contributed by atoms with Crippen molar-refractivity contribution in [1.82, 2.24) is 0 Å². The molecule has 0 aliphatic carbocycles. The van der Waals surface area contributed by atoms with E-state index in [2.05, 4.69) is 0 Å². The molecule has 4 heteroatoms. The van der Waals surface area contributed by atoms with E-state index in [1.165, 1.54) is 7.11 Å². The van der Waals surface area contributed by atoms with E-state index < -0.39 is 17.7 Å². The molecule has 0 aromatic heterocycles. The largest absolute Gasteiger partial charge is 0.374 e. The van der Waals surface area contributed by atoms with Crippen LogP contribution in [0.15, 0.2) is 18.2 Å². The van der Waals surface area contributed by atoms with Crippen molar-refractivity contribution in [2.75, 3.05) is 7.11 Å². The first-order valence-corrected chi connectivity index (χ1v) is 5.08. The predicted molar refractivity (Wildman–Crippen MR) is 56.2 cm³/mol. The van der Waals surface area contributed by atoms with E-state index in [0.717, 1.165) is 18.2 Å². The Morgan fingerprint density at radius 2 is 2.12 bits per heavy atom. The van der Waals surface area contributed by atoms with Gasteiger partial charge in [0.15, 0.2) is 5.78 Å². The molecule has 2 nitrogen and oxygen atoms in total. The summed E-state index contributed by atoms with van der Waals surface area (Å²) in [5.74, 6) is -1.36. The fraction of sp³-hybridized carbons (Fsp3) is 0.417. The molecule has 1 unspecified atom stereocenters. The maximum absolute atomic E-state index is 13.2. The molecule has 0 saturated heterocycles. The summed E-state index contributed by atoms with van der Waals surface area (Å²) in [5, 5.41) is 0. The number of hydrogen-bond donors (Lipinski definition) is 0. The molecule has 0 aliphatic rings. The average Bonchev–Trinajstić information content (AvgIpc) is 2.25. The van der Waals surface area contributed by atoms with Crippen molar-refractivity contribution in [3.8, 4) is 0 Å². The number of benzene rings is 1. The summed E-state index contributed by atoms with van der Waals surface area (Å²) in [5.41, 5.74) is 0.0699. The van der Waals surface area contributed by atoms with Crippen LogP contribution in [0.3, 0.4) is 0 Å². The van der Waals surface area contributed by atoms with Gasteiger partial charge in [0.2, 0.25) is 0 Å². The minimum atomic E-state index is -0.569. The highest BCUT2D eigenvalue weighted by Crippen LogP contribution is 2.12. The van der Waals surface area contributed by atoms with Crippen LogP contribution in [0.1, 0.15) is 18.9 Å². The zero-order chi connectivity index (χ0) is 12.1. The van der Waals surface area contributed by atoms with Crippen molar-refractivity contribution in [2.24, 2.45) is 0 Å². The molecular weight excluding hydrogens is 214 g/mol. The topological polar surface area (TPSA) is 26.3 Å². The normalized spacial score (nSPS) is 12.5. The van der Waals surface area contributed by atoms with Crippen LogP contribution in [0.25, 0.3) is 0 Å². The average molecular weight is 228 g/mol. The van der Waals surface area contributed by atoms with Crippen LogP contribution in [-0.2, 0) is 16.0 Å². The van der Waals surface area contributed by atoms with Gasteiger partial charge in [0.05, 0.1) is 0 Å². The summed E-state index contributed by atoms with van der Waals surface area (Å²) in [6.45, 7) is 1.80. The molecule has 0 radical (unpaired) electrons. The van der Waals surface area contributed by atoms with Gasteiger partial charge in [-0.2, -0.15) is 0 Å². The number of methoxy groups -OCH3 is 1. The van der Waals surface area contributed by atoms with E-state index in [1.54, 1.807) is 6.92 Å². The molecule has 0 saturated carbocycles. The van der Waals surface area contributed by atoms with Crippen LogP contribution >= 0.6 is 0 Å². The standard InChI is InChI=1S/C12H14F2O2/c1-3-12(16-2)11(15)7-8-6-9(13)4-5-10(8)14/h4-6,12H,3,7H2,1-2H3. The lowest BCUT2D eigenvalue weighted by atomic mass is 10.0. The van der Waals surface area contributed by atoms with Gasteiger partial charge in [-0.1, -0.05) is 6.92 Å². The Hall–Kier alpha value is -1.29. The number of Topliss-reactive ketones (excluding diaryl/α,β-unsaturated/α-hetero) is 1.